The van der Waals surface area contributed by atoms with Crippen LogP contribution in [-0.2, 0) is 40.3 Å². The van der Waals surface area contributed by atoms with Gasteiger partial charge in [-0.3, -0.25) is 4.79 Å². The molecule has 0 saturated heterocycles. The van der Waals surface area contributed by atoms with Crippen molar-refractivity contribution in [1.29, 1.82) is 0 Å². The number of sulfone groups is 1. The second kappa shape index (κ2) is 11.7. The number of halogens is 1. The summed E-state index contributed by atoms with van der Waals surface area (Å²) >= 11 is 1.73. The molecule has 1 unspecified atom stereocenters. The Morgan fingerprint density at radius 1 is 1.00 bits per heavy atom. The van der Waals surface area contributed by atoms with E-state index in [4.69, 9.17) is 4.98 Å². The van der Waals surface area contributed by atoms with Crippen molar-refractivity contribution >= 4 is 38.0 Å². The summed E-state index contributed by atoms with van der Waals surface area (Å²) in [6, 6.07) is 20.3. The van der Waals surface area contributed by atoms with E-state index in [-0.39, 0.29) is 17.1 Å². The molecule has 0 saturated carbocycles. The van der Waals surface area contributed by atoms with Crippen molar-refractivity contribution in [2.75, 3.05) is 11.1 Å². The fraction of sp³-hybridized carbons (Fsp3) is 0.267. The average Bonchev–Trinajstić information content (AvgIpc) is 3.50. The van der Waals surface area contributed by atoms with Gasteiger partial charge >= 0.3 is 5.97 Å². The quantitative estimate of drug-likeness (QED) is 0.221. The maximum Gasteiger partial charge on any atom is 0.303 e. The largest absolute Gasteiger partial charge is 0.481 e. The number of nitrogens with one attached hydrogen (secondary N) is 1. The van der Waals surface area contributed by atoms with Crippen LogP contribution in [0.15, 0.2) is 77.7 Å². The van der Waals surface area contributed by atoms with Gasteiger partial charge in [0.15, 0.2) is 15.0 Å². The summed E-state index contributed by atoms with van der Waals surface area (Å²) in [6.45, 7) is 0. The number of aromatic nitrogens is 1. The second-order valence-electron chi connectivity index (χ2n) is 9.84. The summed E-state index contributed by atoms with van der Waals surface area (Å²) in [5.41, 5.74) is 4.87. The van der Waals surface area contributed by atoms with E-state index < -0.39 is 27.5 Å². The molecule has 0 radical (unpaired) electrons. The number of thiazole rings is 1. The number of anilines is 2. The Balaban J connectivity index is 1.21. The maximum absolute atomic E-state index is 13.3. The van der Waals surface area contributed by atoms with Crippen molar-refractivity contribution in [2.24, 2.45) is 0 Å². The van der Waals surface area contributed by atoms with Crippen molar-refractivity contribution in [2.45, 2.75) is 49.3 Å². The van der Waals surface area contributed by atoms with Crippen LogP contribution in [-0.4, -0.2) is 30.2 Å². The van der Waals surface area contributed by atoms with Crippen LogP contribution in [0, 0.1) is 5.82 Å². The molecule has 4 aromatic rings. The highest BCUT2D eigenvalue weighted by molar-refractivity contribution is 7.91. The zero-order valence-corrected chi connectivity index (χ0v) is 22.9. The van der Waals surface area contributed by atoms with Crippen molar-refractivity contribution < 1.29 is 22.7 Å². The Morgan fingerprint density at radius 3 is 2.46 bits per heavy atom. The van der Waals surface area contributed by atoms with E-state index in [1.807, 2.05) is 12.1 Å². The number of fused-ring (bicyclic) bond motifs is 1. The van der Waals surface area contributed by atoms with Crippen LogP contribution in [0.25, 0.3) is 0 Å². The zero-order chi connectivity index (χ0) is 27.4. The fourth-order valence-corrected chi connectivity index (χ4v) is 7.56. The first-order valence-corrected chi connectivity index (χ1v) is 15.4. The van der Waals surface area contributed by atoms with Crippen LogP contribution in [0.3, 0.4) is 0 Å². The Kier molecular flexibility index (Phi) is 8.09. The number of carboxylic acid groups (broad SMARTS) is 1. The van der Waals surface area contributed by atoms with Gasteiger partial charge in [-0.2, -0.15) is 0 Å². The lowest BCUT2D eigenvalue weighted by molar-refractivity contribution is -0.137. The molecular weight excluding hydrogens is 535 g/mol. The Bertz CT molecular complexity index is 1540. The minimum Gasteiger partial charge on any atom is -0.481 e. The molecule has 0 spiro atoms. The number of carboxylic acids is 1. The summed E-state index contributed by atoms with van der Waals surface area (Å²) < 4.78 is 39.5. The predicted molar refractivity (Wildman–Crippen MR) is 151 cm³/mol. The number of aryl methyl sites for hydroxylation is 4. The summed E-state index contributed by atoms with van der Waals surface area (Å²) in [5, 5.41) is 13.6. The monoisotopic (exact) mass is 564 g/mol. The first kappa shape index (κ1) is 27.0. The SMILES string of the molecule is O=C(O)CC(CS(=O)(=O)c1ccc(CCc2cccc(Nc3nc4c(s3)CCC4)c2)cc1)c1ccc(F)cc1. The van der Waals surface area contributed by atoms with Gasteiger partial charge in [-0.25, -0.2) is 17.8 Å². The molecule has 1 aromatic heterocycles. The van der Waals surface area contributed by atoms with Gasteiger partial charge in [-0.15, -0.1) is 11.3 Å². The Labute approximate surface area is 231 Å². The van der Waals surface area contributed by atoms with E-state index in [0.29, 0.717) is 5.56 Å². The molecule has 6 nitrogen and oxygen atoms in total. The minimum atomic E-state index is -3.75. The molecule has 39 heavy (non-hydrogen) atoms. The third-order valence-corrected chi connectivity index (χ3v) is 9.85. The van der Waals surface area contributed by atoms with Crippen LogP contribution in [0.5, 0.6) is 0 Å². The number of hydrogen-bond donors (Lipinski definition) is 2. The number of rotatable bonds is 11. The molecular formula is C30H29FN2O4S2. The molecule has 1 heterocycles. The highest BCUT2D eigenvalue weighted by Crippen LogP contribution is 2.32. The standard InChI is InChI=1S/C30H29FN2O4S2/c31-24-13-11-22(12-14-24)23(18-29(34)35)19-39(36,37)26-15-9-20(10-16-26)7-8-21-3-1-4-25(17-21)32-30-33-27-5-2-6-28(27)38-30/h1,3-4,9-17,23H,2,5-8,18-19H2,(H,32,33)(H,34,35). The van der Waals surface area contributed by atoms with Gasteiger partial charge in [0.05, 0.1) is 22.8 Å². The lowest BCUT2D eigenvalue weighted by Crippen LogP contribution is -2.18. The summed E-state index contributed by atoms with van der Waals surface area (Å²) in [7, 11) is -3.75. The average molecular weight is 565 g/mol. The summed E-state index contributed by atoms with van der Waals surface area (Å²) in [4.78, 5) is 17.6. The van der Waals surface area contributed by atoms with Gasteiger partial charge in [-0.05, 0) is 85.2 Å². The van der Waals surface area contributed by atoms with Gasteiger partial charge < -0.3 is 10.4 Å². The van der Waals surface area contributed by atoms with E-state index in [1.165, 1.54) is 41.3 Å². The first-order valence-electron chi connectivity index (χ1n) is 12.9. The van der Waals surface area contributed by atoms with Crippen molar-refractivity contribution in [3.05, 3.63) is 106 Å². The molecule has 1 atom stereocenters. The predicted octanol–water partition coefficient (Wildman–Crippen LogP) is 6.33. The lowest BCUT2D eigenvalue weighted by atomic mass is 9.98. The van der Waals surface area contributed by atoms with Crippen LogP contribution in [0.2, 0.25) is 0 Å². The third-order valence-electron chi connectivity index (χ3n) is 6.94. The highest BCUT2D eigenvalue weighted by atomic mass is 32.2. The topological polar surface area (TPSA) is 96.4 Å². The number of hydrogen-bond acceptors (Lipinski definition) is 6. The molecule has 1 aliphatic carbocycles. The number of benzene rings is 3. The van der Waals surface area contributed by atoms with Gasteiger partial charge in [0.2, 0.25) is 0 Å². The molecule has 5 rings (SSSR count). The molecule has 0 bridgehead atoms. The minimum absolute atomic E-state index is 0.144. The normalized spacial score (nSPS) is 13.7. The van der Waals surface area contributed by atoms with Gasteiger partial charge in [0.1, 0.15) is 5.82 Å². The second-order valence-corrected chi connectivity index (χ2v) is 13.0. The number of nitrogens with zero attached hydrogens (tertiary/aromatic N) is 1. The van der Waals surface area contributed by atoms with E-state index in [2.05, 4.69) is 17.4 Å². The molecule has 1 aliphatic rings. The fourth-order valence-electron chi connectivity index (χ4n) is 4.90. The van der Waals surface area contributed by atoms with Crippen molar-refractivity contribution in [3.8, 4) is 0 Å². The first-order chi connectivity index (χ1) is 18.7. The highest BCUT2D eigenvalue weighted by Gasteiger charge is 2.25. The van der Waals surface area contributed by atoms with Gasteiger partial charge in [0.25, 0.3) is 0 Å². The maximum atomic E-state index is 13.3. The summed E-state index contributed by atoms with van der Waals surface area (Å²) in [5.74, 6) is -2.72. The van der Waals surface area contributed by atoms with Crippen molar-refractivity contribution in [1.82, 2.24) is 4.98 Å². The molecule has 0 amide bonds. The van der Waals surface area contributed by atoms with E-state index in [0.717, 1.165) is 47.6 Å². The van der Waals surface area contributed by atoms with E-state index in [9.17, 15) is 22.7 Å². The molecule has 0 fully saturated rings. The number of aliphatic carboxylic acids is 1. The van der Waals surface area contributed by atoms with Gasteiger partial charge in [-0.1, -0.05) is 36.4 Å². The third kappa shape index (κ3) is 6.91. The van der Waals surface area contributed by atoms with Crippen molar-refractivity contribution in [3.63, 3.8) is 0 Å². The smallest absolute Gasteiger partial charge is 0.303 e. The van der Waals surface area contributed by atoms with Crippen LogP contribution in [0.1, 0.15) is 46.0 Å². The summed E-state index contributed by atoms with van der Waals surface area (Å²) in [6.07, 6.45) is 4.55. The van der Waals surface area contributed by atoms with Crippen LogP contribution in [0.4, 0.5) is 15.2 Å². The number of carbonyl (C=O) groups is 1. The zero-order valence-electron chi connectivity index (χ0n) is 21.3. The molecule has 2 N–H and O–H groups in total. The Hall–Kier alpha value is -3.56. The lowest BCUT2D eigenvalue weighted by Gasteiger charge is -2.16. The van der Waals surface area contributed by atoms with Gasteiger partial charge in [0, 0.05) is 16.5 Å². The molecule has 202 valence electrons. The van der Waals surface area contributed by atoms with Crippen LogP contribution >= 0.6 is 11.3 Å². The molecule has 3 aromatic carbocycles. The Morgan fingerprint density at radius 2 is 1.74 bits per heavy atom. The molecule has 0 aliphatic heterocycles. The van der Waals surface area contributed by atoms with E-state index in [1.54, 1.807) is 35.6 Å². The van der Waals surface area contributed by atoms with E-state index >= 15 is 0 Å². The molecule has 9 heteroatoms. The van der Waals surface area contributed by atoms with Crippen LogP contribution < -0.4 is 5.32 Å².